The summed E-state index contributed by atoms with van der Waals surface area (Å²) in [7, 11) is 0. The Morgan fingerprint density at radius 1 is 0.784 bits per heavy atom. The monoisotopic (exact) mass is 480 g/mol. The van der Waals surface area contributed by atoms with E-state index in [2.05, 4.69) is 108 Å². The minimum Gasteiger partial charge on any atom is -0.457 e. The molecule has 6 rings (SSSR count). The average Bonchev–Trinajstić information content (AvgIpc) is 3.41. The molecule has 4 aromatic carbocycles. The van der Waals surface area contributed by atoms with Crippen molar-refractivity contribution in [3.63, 3.8) is 0 Å². The molecule has 0 spiro atoms. The van der Waals surface area contributed by atoms with E-state index in [1.165, 1.54) is 33.4 Å². The molecule has 0 radical (unpaired) electrons. The van der Waals surface area contributed by atoms with Crippen molar-refractivity contribution in [2.45, 2.75) is 13.3 Å². The topological polar surface area (TPSA) is 17.4 Å². The second kappa shape index (κ2) is 9.36. The second-order valence-electron chi connectivity index (χ2n) is 9.24. The molecule has 2 heterocycles. The third-order valence-corrected chi connectivity index (χ3v) is 6.93. The van der Waals surface area contributed by atoms with Gasteiger partial charge in [-0.1, -0.05) is 67.8 Å². The van der Waals surface area contributed by atoms with Crippen molar-refractivity contribution in [1.29, 1.82) is 0 Å². The Labute approximate surface area is 217 Å². The van der Waals surface area contributed by atoms with Gasteiger partial charge in [-0.05, 0) is 73.2 Å². The van der Waals surface area contributed by atoms with Gasteiger partial charge in [0.05, 0.1) is 5.52 Å². The van der Waals surface area contributed by atoms with Crippen LogP contribution in [0.2, 0.25) is 0 Å². The number of para-hydroxylation sites is 2. The van der Waals surface area contributed by atoms with Crippen molar-refractivity contribution < 1.29 is 4.74 Å². The molecule has 0 bridgehead atoms. The van der Waals surface area contributed by atoms with Gasteiger partial charge in [-0.15, -0.1) is 0 Å². The van der Waals surface area contributed by atoms with Gasteiger partial charge in [-0.2, -0.15) is 0 Å². The maximum Gasteiger partial charge on any atom is 0.127 e. The van der Waals surface area contributed by atoms with Crippen molar-refractivity contribution in [2.75, 3.05) is 4.90 Å². The number of hydrogen-bond donors (Lipinski definition) is 0. The van der Waals surface area contributed by atoms with Crippen LogP contribution in [0.1, 0.15) is 16.8 Å². The zero-order valence-corrected chi connectivity index (χ0v) is 20.9. The molecule has 0 saturated carbocycles. The van der Waals surface area contributed by atoms with Crippen LogP contribution in [0, 0.1) is 6.92 Å². The first-order chi connectivity index (χ1) is 18.1. The number of aromatic nitrogens is 1. The molecule has 3 heteroatoms. The number of fused-ring (bicyclic) bond motifs is 2. The van der Waals surface area contributed by atoms with E-state index in [0.29, 0.717) is 0 Å². The molecule has 5 aromatic rings. The Kier molecular flexibility index (Phi) is 5.74. The predicted octanol–water partition coefficient (Wildman–Crippen LogP) is 9.14. The molecule has 180 valence electrons. The van der Waals surface area contributed by atoms with Crippen molar-refractivity contribution >= 4 is 28.4 Å². The Balaban J connectivity index is 1.25. The Bertz CT molecular complexity index is 1650. The van der Waals surface area contributed by atoms with Crippen molar-refractivity contribution in [2.24, 2.45) is 0 Å². The standard InChI is InChI=1S/C34H28N2O/c1-4-5-11-31-25(3)36(34-14-9-7-12-32(31)34)28-17-21-30(22-18-28)37-29-19-15-27(16-20-29)35-24(2)23-26-10-6-8-13-33(26)35/h4-22H,1-2,23H2,3H3/b11-5-. The molecule has 0 atom stereocenters. The summed E-state index contributed by atoms with van der Waals surface area (Å²) in [5.74, 6) is 1.60. The summed E-state index contributed by atoms with van der Waals surface area (Å²) in [5.41, 5.74) is 9.36. The molecule has 0 N–H and O–H groups in total. The predicted molar refractivity (Wildman–Crippen MR) is 155 cm³/mol. The Morgan fingerprint density at radius 2 is 1.43 bits per heavy atom. The number of nitrogens with zero attached hydrogens (tertiary/aromatic N) is 2. The molecule has 3 nitrogen and oxygen atoms in total. The van der Waals surface area contributed by atoms with E-state index in [1.54, 1.807) is 0 Å². The van der Waals surface area contributed by atoms with Crippen molar-refractivity contribution in [3.05, 3.63) is 145 Å². The summed E-state index contributed by atoms with van der Waals surface area (Å²) in [4.78, 5) is 2.22. The molecule has 0 fully saturated rings. The van der Waals surface area contributed by atoms with Crippen LogP contribution in [0.25, 0.3) is 22.7 Å². The first-order valence-corrected chi connectivity index (χ1v) is 12.5. The maximum absolute atomic E-state index is 6.19. The molecular weight excluding hydrogens is 452 g/mol. The molecule has 0 amide bonds. The summed E-state index contributed by atoms with van der Waals surface area (Å²) >= 11 is 0. The average molecular weight is 481 g/mol. The highest BCUT2D eigenvalue weighted by molar-refractivity contribution is 5.92. The maximum atomic E-state index is 6.19. The number of rotatable bonds is 6. The number of benzene rings is 4. The van der Waals surface area contributed by atoms with Gasteiger partial charge in [0.2, 0.25) is 0 Å². The number of ether oxygens (including phenoxy) is 1. The van der Waals surface area contributed by atoms with Crippen LogP contribution in [0.3, 0.4) is 0 Å². The molecule has 37 heavy (non-hydrogen) atoms. The summed E-state index contributed by atoms with van der Waals surface area (Å²) in [5, 5.41) is 1.22. The molecule has 0 aliphatic carbocycles. The first kappa shape index (κ1) is 22.7. The van der Waals surface area contributed by atoms with E-state index < -0.39 is 0 Å². The minimum atomic E-state index is 0.799. The van der Waals surface area contributed by atoms with E-state index in [4.69, 9.17) is 4.74 Å². The largest absolute Gasteiger partial charge is 0.457 e. The summed E-state index contributed by atoms with van der Waals surface area (Å²) in [6.07, 6.45) is 6.80. The van der Waals surface area contributed by atoms with Crippen molar-refractivity contribution in [3.8, 4) is 17.2 Å². The number of anilines is 2. The highest BCUT2D eigenvalue weighted by Gasteiger charge is 2.23. The number of allylic oxidation sites excluding steroid dienone is 3. The van der Waals surface area contributed by atoms with Gasteiger partial charge in [0.1, 0.15) is 11.5 Å². The van der Waals surface area contributed by atoms with Crippen LogP contribution in [0.15, 0.2) is 128 Å². The minimum absolute atomic E-state index is 0.799. The van der Waals surface area contributed by atoms with E-state index >= 15 is 0 Å². The van der Waals surface area contributed by atoms with Gasteiger partial charge >= 0.3 is 0 Å². The lowest BCUT2D eigenvalue weighted by atomic mass is 10.1. The first-order valence-electron chi connectivity index (χ1n) is 12.5. The SMILES string of the molecule is C=C/C=C\c1c(C)n(-c2ccc(Oc3ccc(N4C(=C)Cc5ccccc54)cc3)cc2)c2ccccc12. The van der Waals surface area contributed by atoms with Gasteiger partial charge in [0.25, 0.3) is 0 Å². The van der Waals surface area contributed by atoms with Crippen LogP contribution in [-0.4, -0.2) is 4.57 Å². The van der Waals surface area contributed by atoms with Gasteiger partial charge in [0.15, 0.2) is 0 Å². The Morgan fingerprint density at radius 3 is 2.16 bits per heavy atom. The lowest BCUT2D eigenvalue weighted by molar-refractivity contribution is 0.482. The normalized spacial score (nSPS) is 12.9. The molecule has 1 aliphatic heterocycles. The van der Waals surface area contributed by atoms with E-state index in [9.17, 15) is 0 Å². The van der Waals surface area contributed by atoms with Crippen LogP contribution in [0.5, 0.6) is 11.5 Å². The highest BCUT2D eigenvalue weighted by Crippen LogP contribution is 2.40. The van der Waals surface area contributed by atoms with Gasteiger partial charge in [-0.3, -0.25) is 0 Å². The zero-order chi connectivity index (χ0) is 25.4. The quantitative estimate of drug-likeness (QED) is 0.225. The highest BCUT2D eigenvalue weighted by atomic mass is 16.5. The van der Waals surface area contributed by atoms with E-state index in [-0.39, 0.29) is 0 Å². The lowest BCUT2D eigenvalue weighted by Crippen LogP contribution is -2.10. The molecule has 0 unspecified atom stereocenters. The third-order valence-electron chi connectivity index (χ3n) is 6.93. The summed E-state index contributed by atoms with van der Waals surface area (Å²) < 4.78 is 8.48. The third kappa shape index (κ3) is 4.05. The van der Waals surface area contributed by atoms with Crippen LogP contribution in [0.4, 0.5) is 11.4 Å². The smallest absolute Gasteiger partial charge is 0.127 e. The molecule has 1 aromatic heterocycles. The molecular formula is C34H28N2O. The zero-order valence-electron chi connectivity index (χ0n) is 20.9. The second-order valence-corrected chi connectivity index (χ2v) is 9.24. The fraction of sp³-hybridized carbons (Fsp3) is 0.0588. The van der Waals surface area contributed by atoms with Crippen LogP contribution in [-0.2, 0) is 6.42 Å². The van der Waals surface area contributed by atoms with Crippen LogP contribution >= 0.6 is 0 Å². The molecule has 1 aliphatic rings. The molecule has 0 saturated heterocycles. The summed E-state index contributed by atoms with van der Waals surface area (Å²) in [6.45, 7) is 10.2. The van der Waals surface area contributed by atoms with E-state index in [1.807, 2.05) is 36.4 Å². The van der Waals surface area contributed by atoms with Crippen molar-refractivity contribution in [1.82, 2.24) is 4.57 Å². The fourth-order valence-electron chi connectivity index (χ4n) is 5.23. The Hall–Kier alpha value is -4.76. The summed E-state index contributed by atoms with van der Waals surface area (Å²) in [6, 6.07) is 33.4. The number of hydrogen-bond acceptors (Lipinski definition) is 2. The lowest BCUT2D eigenvalue weighted by Gasteiger charge is -2.21. The van der Waals surface area contributed by atoms with Crippen LogP contribution < -0.4 is 9.64 Å². The fourth-order valence-corrected chi connectivity index (χ4v) is 5.23. The van der Waals surface area contributed by atoms with E-state index in [0.717, 1.165) is 35.0 Å². The van der Waals surface area contributed by atoms with Gasteiger partial charge in [0, 0.05) is 45.8 Å². The van der Waals surface area contributed by atoms with Gasteiger partial charge < -0.3 is 14.2 Å². The van der Waals surface area contributed by atoms with Gasteiger partial charge in [-0.25, -0.2) is 0 Å².